The average molecular weight is 458 g/mol. The summed E-state index contributed by atoms with van der Waals surface area (Å²) in [7, 11) is 0. The number of esters is 1. The summed E-state index contributed by atoms with van der Waals surface area (Å²) in [5.74, 6) is -0.486. The number of nitriles is 1. The summed E-state index contributed by atoms with van der Waals surface area (Å²) in [6, 6.07) is 16.0. The molecule has 0 N–H and O–H groups in total. The Balaban J connectivity index is 1.62. The third-order valence-corrected chi connectivity index (χ3v) is 5.02. The first kappa shape index (κ1) is 23.0. The van der Waals surface area contributed by atoms with Gasteiger partial charge in [-0.1, -0.05) is 18.2 Å². The number of furan rings is 1. The minimum absolute atomic E-state index is 0.0820. The average Bonchev–Trinajstić information content (AvgIpc) is 3.26. The molecule has 0 atom stereocenters. The second kappa shape index (κ2) is 9.36. The number of pyridine rings is 1. The highest BCUT2D eigenvalue weighted by Gasteiger charge is 2.19. The number of aromatic nitrogens is 1. The zero-order chi connectivity index (χ0) is 24.3. The van der Waals surface area contributed by atoms with Crippen LogP contribution in [0, 0.1) is 17.1 Å². The molecule has 0 aliphatic rings. The van der Waals surface area contributed by atoms with Crippen LogP contribution < -0.4 is 4.74 Å². The van der Waals surface area contributed by atoms with Gasteiger partial charge in [0.05, 0.1) is 12.7 Å². The summed E-state index contributed by atoms with van der Waals surface area (Å²) in [6.45, 7) is 5.64. The SMILES string of the molecule is CC(C)(C)OC(=O)Cc1ccccc1OCc1cc(-c2ccnc(C#N)c2F)c2occc2c1. The molecule has 0 fully saturated rings. The highest BCUT2D eigenvalue weighted by molar-refractivity contribution is 5.93. The van der Waals surface area contributed by atoms with Crippen LogP contribution >= 0.6 is 0 Å². The van der Waals surface area contributed by atoms with E-state index in [0.29, 0.717) is 22.5 Å². The molecule has 0 amide bonds. The van der Waals surface area contributed by atoms with Crippen LogP contribution in [0.3, 0.4) is 0 Å². The van der Waals surface area contributed by atoms with Crippen molar-refractivity contribution in [2.24, 2.45) is 0 Å². The number of para-hydroxylation sites is 1. The minimum atomic E-state index is -0.705. The molecule has 4 rings (SSSR count). The predicted molar refractivity (Wildman–Crippen MR) is 124 cm³/mol. The third-order valence-electron chi connectivity index (χ3n) is 5.02. The second-order valence-corrected chi connectivity index (χ2v) is 8.77. The Morgan fingerprint density at radius 2 is 1.94 bits per heavy atom. The molecule has 0 radical (unpaired) electrons. The standard InChI is InChI=1S/C27H23FN2O4/c1-27(2,3)34-24(31)14-18-6-4-5-7-23(18)33-16-17-12-19-9-11-32-26(19)21(13-17)20-8-10-30-22(15-29)25(20)28/h4-13H,14,16H2,1-3H3. The van der Waals surface area contributed by atoms with Gasteiger partial charge in [0, 0.05) is 28.3 Å². The second-order valence-electron chi connectivity index (χ2n) is 8.77. The summed E-state index contributed by atoms with van der Waals surface area (Å²) in [4.78, 5) is 16.1. The summed E-state index contributed by atoms with van der Waals surface area (Å²) >= 11 is 0. The Morgan fingerprint density at radius 3 is 2.71 bits per heavy atom. The molecule has 2 heterocycles. The van der Waals surface area contributed by atoms with Crippen LogP contribution in [0.5, 0.6) is 5.75 Å². The predicted octanol–water partition coefficient (Wildman–Crippen LogP) is 5.97. The van der Waals surface area contributed by atoms with Crippen molar-refractivity contribution in [2.75, 3.05) is 0 Å². The molecule has 0 aliphatic carbocycles. The van der Waals surface area contributed by atoms with Crippen LogP contribution in [0.2, 0.25) is 0 Å². The Hall–Kier alpha value is -4.18. The first-order valence-corrected chi connectivity index (χ1v) is 10.7. The number of carbonyl (C=O) groups excluding carboxylic acids is 1. The number of hydrogen-bond donors (Lipinski definition) is 0. The highest BCUT2D eigenvalue weighted by Crippen LogP contribution is 2.33. The van der Waals surface area contributed by atoms with Gasteiger partial charge in [-0.3, -0.25) is 4.79 Å². The van der Waals surface area contributed by atoms with Gasteiger partial charge in [-0.2, -0.15) is 5.26 Å². The van der Waals surface area contributed by atoms with Gasteiger partial charge in [0.2, 0.25) is 0 Å². The number of rotatable bonds is 6. The molecular weight excluding hydrogens is 435 g/mol. The van der Waals surface area contributed by atoms with Crippen molar-refractivity contribution in [3.8, 4) is 22.9 Å². The normalized spacial score (nSPS) is 11.3. The lowest BCUT2D eigenvalue weighted by atomic mass is 10.00. The summed E-state index contributed by atoms with van der Waals surface area (Å²) in [5, 5.41) is 9.92. The Bertz CT molecular complexity index is 1400. The fourth-order valence-corrected chi connectivity index (χ4v) is 3.64. The van der Waals surface area contributed by atoms with E-state index in [1.807, 2.05) is 45.0 Å². The maximum atomic E-state index is 14.9. The van der Waals surface area contributed by atoms with Crippen LogP contribution in [0.15, 0.2) is 65.4 Å². The lowest BCUT2D eigenvalue weighted by Crippen LogP contribution is -2.25. The maximum absolute atomic E-state index is 14.9. The largest absolute Gasteiger partial charge is 0.489 e. The van der Waals surface area contributed by atoms with Crippen molar-refractivity contribution in [3.05, 3.63) is 83.6 Å². The van der Waals surface area contributed by atoms with Gasteiger partial charge >= 0.3 is 5.97 Å². The van der Waals surface area contributed by atoms with E-state index < -0.39 is 11.4 Å². The van der Waals surface area contributed by atoms with Crippen LogP contribution in [0.25, 0.3) is 22.1 Å². The number of nitrogens with zero attached hydrogens (tertiary/aromatic N) is 2. The lowest BCUT2D eigenvalue weighted by Gasteiger charge is -2.20. The van der Waals surface area contributed by atoms with Crippen molar-refractivity contribution >= 4 is 16.9 Å². The van der Waals surface area contributed by atoms with Crippen LogP contribution in [-0.2, 0) is 22.6 Å². The van der Waals surface area contributed by atoms with E-state index in [0.717, 1.165) is 10.9 Å². The van der Waals surface area contributed by atoms with Gasteiger partial charge in [0.25, 0.3) is 0 Å². The van der Waals surface area contributed by atoms with Gasteiger partial charge in [-0.25, -0.2) is 9.37 Å². The third kappa shape index (κ3) is 5.07. The molecular formula is C27H23FN2O4. The van der Waals surface area contributed by atoms with Gasteiger partial charge in [-0.05, 0) is 56.7 Å². The number of fused-ring (bicyclic) bond motifs is 1. The van der Waals surface area contributed by atoms with Gasteiger partial charge in [0.1, 0.15) is 29.6 Å². The van der Waals surface area contributed by atoms with Crippen molar-refractivity contribution < 1.29 is 23.1 Å². The highest BCUT2D eigenvalue weighted by atomic mass is 19.1. The topological polar surface area (TPSA) is 85.4 Å². The zero-order valence-corrected chi connectivity index (χ0v) is 19.1. The molecule has 0 spiro atoms. The molecule has 6 nitrogen and oxygen atoms in total. The van der Waals surface area contributed by atoms with E-state index in [9.17, 15) is 9.18 Å². The fraction of sp³-hybridized carbons (Fsp3) is 0.222. The van der Waals surface area contributed by atoms with E-state index in [-0.39, 0.29) is 30.3 Å². The quantitative estimate of drug-likeness (QED) is 0.331. The number of halogens is 1. The number of ether oxygens (including phenoxy) is 2. The molecule has 0 bridgehead atoms. The Morgan fingerprint density at radius 1 is 1.15 bits per heavy atom. The summed E-state index contributed by atoms with van der Waals surface area (Å²) in [5.41, 5.74) is 1.85. The Labute approximate surface area is 196 Å². The summed E-state index contributed by atoms with van der Waals surface area (Å²) < 4.78 is 31.9. The molecule has 34 heavy (non-hydrogen) atoms. The zero-order valence-electron chi connectivity index (χ0n) is 19.1. The molecule has 0 saturated heterocycles. The first-order chi connectivity index (χ1) is 16.2. The molecule has 4 aromatic rings. The van der Waals surface area contributed by atoms with E-state index >= 15 is 0 Å². The Kier molecular flexibility index (Phi) is 6.33. The van der Waals surface area contributed by atoms with Crippen molar-refractivity contribution in [2.45, 2.75) is 39.4 Å². The van der Waals surface area contributed by atoms with E-state index in [2.05, 4.69) is 4.98 Å². The molecule has 0 aliphatic heterocycles. The fourth-order valence-electron chi connectivity index (χ4n) is 3.64. The molecule has 2 aromatic carbocycles. The molecule has 0 saturated carbocycles. The first-order valence-electron chi connectivity index (χ1n) is 10.7. The molecule has 7 heteroatoms. The lowest BCUT2D eigenvalue weighted by molar-refractivity contribution is -0.153. The number of carbonyl (C=O) groups is 1. The van der Waals surface area contributed by atoms with E-state index in [4.69, 9.17) is 19.2 Å². The number of hydrogen-bond acceptors (Lipinski definition) is 6. The van der Waals surface area contributed by atoms with Crippen LogP contribution in [0.1, 0.15) is 37.6 Å². The van der Waals surface area contributed by atoms with Crippen molar-refractivity contribution in [1.29, 1.82) is 5.26 Å². The van der Waals surface area contributed by atoms with Gasteiger partial charge < -0.3 is 13.9 Å². The molecule has 0 unspecified atom stereocenters. The van der Waals surface area contributed by atoms with E-state index in [1.165, 1.54) is 18.5 Å². The minimum Gasteiger partial charge on any atom is -0.489 e. The van der Waals surface area contributed by atoms with Crippen molar-refractivity contribution in [3.63, 3.8) is 0 Å². The smallest absolute Gasteiger partial charge is 0.310 e. The van der Waals surface area contributed by atoms with Gasteiger partial charge in [0.15, 0.2) is 11.5 Å². The van der Waals surface area contributed by atoms with E-state index in [1.54, 1.807) is 24.3 Å². The van der Waals surface area contributed by atoms with Gasteiger partial charge in [-0.15, -0.1) is 0 Å². The maximum Gasteiger partial charge on any atom is 0.310 e. The van der Waals surface area contributed by atoms with Crippen LogP contribution in [-0.4, -0.2) is 16.6 Å². The summed E-state index contributed by atoms with van der Waals surface area (Å²) in [6.07, 6.45) is 3.00. The monoisotopic (exact) mass is 458 g/mol. The molecule has 172 valence electrons. The number of benzene rings is 2. The molecule has 2 aromatic heterocycles. The van der Waals surface area contributed by atoms with Crippen molar-refractivity contribution in [1.82, 2.24) is 4.98 Å². The van der Waals surface area contributed by atoms with Crippen LogP contribution in [0.4, 0.5) is 4.39 Å².